The molecule has 2 aromatic rings. The van der Waals surface area contributed by atoms with E-state index in [0.29, 0.717) is 0 Å². The van der Waals surface area contributed by atoms with E-state index in [1.165, 1.54) is 10.6 Å². The molecule has 2 aliphatic rings. The van der Waals surface area contributed by atoms with E-state index in [1.54, 1.807) is 22.7 Å². The van der Waals surface area contributed by atoms with Crippen LogP contribution >= 0.6 is 22.7 Å². The molecule has 0 aromatic carbocycles. The maximum absolute atomic E-state index is 6.26. The summed E-state index contributed by atoms with van der Waals surface area (Å²) in [6.45, 7) is 7.28. The van der Waals surface area contributed by atoms with Crippen molar-refractivity contribution < 1.29 is 4.74 Å². The van der Waals surface area contributed by atoms with Crippen molar-refractivity contribution in [1.82, 2.24) is 14.8 Å². The fourth-order valence-corrected chi connectivity index (χ4v) is 4.96. The molecule has 23 heavy (non-hydrogen) atoms. The van der Waals surface area contributed by atoms with Crippen molar-refractivity contribution in [2.75, 3.05) is 32.8 Å². The summed E-state index contributed by atoms with van der Waals surface area (Å²) >= 11 is 3.54. The first kappa shape index (κ1) is 15.7. The number of piperidine rings is 1. The molecule has 0 saturated carbocycles. The van der Waals surface area contributed by atoms with Crippen molar-refractivity contribution in [3.8, 4) is 0 Å². The van der Waals surface area contributed by atoms with Crippen molar-refractivity contribution in [1.29, 1.82) is 0 Å². The zero-order valence-corrected chi connectivity index (χ0v) is 15.0. The number of ether oxygens (including phenoxy) is 1. The number of hydrogen-bond donors (Lipinski definition) is 0. The predicted molar refractivity (Wildman–Crippen MR) is 94.9 cm³/mol. The molecule has 0 bridgehead atoms. The van der Waals surface area contributed by atoms with Crippen LogP contribution in [0.5, 0.6) is 0 Å². The normalized spacial score (nSPS) is 22.6. The van der Waals surface area contributed by atoms with Gasteiger partial charge in [-0.15, -0.1) is 11.3 Å². The van der Waals surface area contributed by atoms with E-state index < -0.39 is 0 Å². The minimum atomic E-state index is 0.0701. The monoisotopic (exact) mass is 349 g/mol. The summed E-state index contributed by atoms with van der Waals surface area (Å²) in [5, 5.41) is 7.71. The second-order valence-electron chi connectivity index (χ2n) is 6.58. The van der Waals surface area contributed by atoms with Crippen LogP contribution in [0.2, 0.25) is 0 Å². The van der Waals surface area contributed by atoms with Gasteiger partial charge in [-0.3, -0.25) is 9.80 Å². The number of rotatable bonds is 4. The lowest BCUT2D eigenvalue weighted by atomic mass is 9.89. The number of nitrogens with zero attached hydrogens (tertiary/aromatic N) is 3. The smallest absolute Gasteiger partial charge is 0.107 e. The van der Waals surface area contributed by atoms with Crippen molar-refractivity contribution in [2.24, 2.45) is 0 Å². The molecule has 124 valence electrons. The van der Waals surface area contributed by atoms with Crippen molar-refractivity contribution >= 4 is 22.7 Å². The Morgan fingerprint density at radius 2 is 2.04 bits per heavy atom. The summed E-state index contributed by atoms with van der Waals surface area (Å²) in [6, 6.07) is 2.24. The van der Waals surface area contributed by atoms with Crippen molar-refractivity contribution in [3.63, 3.8) is 0 Å². The van der Waals surface area contributed by atoms with Crippen LogP contribution in [0.25, 0.3) is 0 Å². The lowest BCUT2D eigenvalue weighted by Crippen LogP contribution is -2.56. The third-order valence-corrected chi connectivity index (χ3v) is 6.42. The molecule has 0 unspecified atom stereocenters. The Bertz CT molecular complexity index is 591. The van der Waals surface area contributed by atoms with E-state index in [2.05, 4.69) is 37.0 Å². The highest BCUT2D eigenvalue weighted by Crippen LogP contribution is 2.31. The Morgan fingerprint density at radius 1 is 1.13 bits per heavy atom. The van der Waals surface area contributed by atoms with E-state index in [9.17, 15) is 0 Å². The van der Waals surface area contributed by atoms with Crippen LogP contribution in [0.1, 0.15) is 23.4 Å². The Labute approximate surface area is 145 Å². The fraction of sp³-hybridized carbons (Fsp3) is 0.588. The Morgan fingerprint density at radius 3 is 2.78 bits per heavy atom. The number of thiophene rings is 1. The molecule has 1 spiro atoms. The van der Waals surface area contributed by atoms with Crippen molar-refractivity contribution in [2.45, 2.75) is 31.5 Å². The molecule has 2 aromatic heterocycles. The molecule has 0 aliphatic carbocycles. The molecule has 6 heteroatoms. The van der Waals surface area contributed by atoms with Gasteiger partial charge in [0.05, 0.1) is 18.8 Å². The predicted octanol–water partition coefficient (Wildman–Crippen LogP) is 3.07. The molecule has 2 fully saturated rings. The highest BCUT2D eigenvalue weighted by Gasteiger charge is 2.39. The van der Waals surface area contributed by atoms with Gasteiger partial charge in [0.15, 0.2) is 0 Å². The summed E-state index contributed by atoms with van der Waals surface area (Å²) in [5.41, 5.74) is 1.52. The second-order valence-corrected chi connectivity index (χ2v) is 8.33. The van der Waals surface area contributed by atoms with E-state index in [-0.39, 0.29) is 5.60 Å². The molecule has 2 aliphatic heterocycles. The third kappa shape index (κ3) is 3.83. The van der Waals surface area contributed by atoms with Crippen molar-refractivity contribution in [3.05, 3.63) is 39.0 Å². The minimum Gasteiger partial charge on any atom is -0.372 e. The third-order valence-electron chi connectivity index (χ3n) is 4.92. The Hall–Kier alpha value is -0.790. The maximum Gasteiger partial charge on any atom is 0.107 e. The van der Waals surface area contributed by atoms with E-state index in [0.717, 1.165) is 58.7 Å². The summed E-state index contributed by atoms with van der Waals surface area (Å²) < 4.78 is 6.26. The van der Waals surface area contributed by atoms with Crippen LogP contribution in [0.4, 0.5) is 0 Å². The van der Waals surface area contributed by atoms with Gasteiger partial charge in [0.2, 0.25) is 0 Å². The van der Waals surface area contributed by atoms with Gasteiger partial charge < -0.3 is 4.74 Å². The zero-order chi connectivity index (χ0) is 15.5. The molecular weight excluding hydrogens is 326 g/mol. The number of likely N-dealkylation sites (tertiary alicyclic amines) is 1. The van der Waals surface area contributed by atoms with Gasteiger partial charge in [-0.1, -0.05) is 0 Å². The summed E-state index contributed by atoms with van der Waals surface area (Å²) in [4.78, 5) is 9.52. The molecule has 4 rings (SSSR count). The fourth-order valence-electron chi connectivity index (χ4n) is 3.64. The molecule has 0 amide bonds. The van der Waals surface area contributed by atoms with Gasteiger partial charge in [-0.2, -0.15) is 11.3 Å². The first-order valence-electron chi connectivity index (χ1n) is 8.29. The van der Waals surface area contributed by atoms with E-state index >= 15 is 0 Å². The lowest BCUT2D eigenvalue weighted by Gasteiger charge is -2.47. The largest absolute Gasteiger partial charge is 0.372 e. The van der Waals surface area contributed by atoms with Gasteiger partial charge in [0.25, 0.3) is 0 Å². The highest BCUT2D eigenvalue weighted by atomic mass is 32.1. The van der Waals surface area contributed by atoms with Gasteiger partial charge in [-0.05, 0) is 35.2 Å². The molecule has 0 N–H and O–H groups in total. The summed E-state index contributed by atoms with van der Waals surface area (Å²) in [7, 11) is 0. The Balaban J connectivity index is 1.32. The summed E-state index contributed by atoms with van der Waals surface area (Å²) in [6.07, 6.45) is 4.19. The number of morpholine rings is 1. The number of thiazole rings is 1. The lowest BCUT2D eigenvalue weighted by molar-refractivity contribution is -0.138. The van der Waals surface area contributed by atoms with Gasteiger partial charge in [0.1, 0.15) is 5.01 Å². The summed E-state index contributed by atoms with van der Waals surface area (Å²) in [5.74, 6) is 0. The average molecular weight is 350 g/mol. The molecule has 2 saturated heterocycles. The zero-order valence-electron chi connectivity index (χ0n) is 13.3. The molecular formula is C17H23N3OS2. The van der Waals surface area contributed by atoms with E-state index in [4.69, 9.17) is 4.74 Å². The number of aromatic nitrogens is 1. The van der Waals surface area contributed by atoms with Crippen LogP contribution in [0.15, 0.2) is 28.4 Å². The first-order chi connectivity index (χ1) is 11.3. The van der Waals surface area contributed by atoms with E-state index in [1.807, 2.05) is 6.20 Å². The van der Waals surface area contributed by atoms with Gasteiger partial charge in [0, 0.05) is 44.3 Å². The van der Waals surface area contributed by atoms with Crippen LogP contribution in [0, 0.1) is 0 Å². The molecule has 0 atom stereocenters. The average Bonchev–Trinajstić information content (AvgIpc) is 3.24. The van der Waals surface area contributed by atoms with Crippen LogP contribution in [-0.2, 0) is 17.8 Å². The topological polar surface area (TPSA) is 28.6 Å². The molecule has 4 nitrogen and oxygen atoms in total. The molecule has 0 radical (unpaired) electrons. The number of hydrogen-bond acceptors (Lipinski definition) is 6. The first-order valence-corrected chi connectivity index (χ1v) is 10.1. The maximum atomic E-state index is 6.26. The highest BCUT2D eigenvalue weighted by molar-refractivity contribution is 7.09. The second kappa shape index (κ2) is 6.99. The minimum absolute atomic E-state index is 0.0701. The van der Waals surface area contributed by atoms with Crippen LogP contribution in [-0.4, -0.2) is 53.2 Å². The quantitative estimate of drug-likeness (QED) is 0.848. The van der Waals surface area contributed by atoms with Gasteiger partial charge in [-0.25, -0.2) is 4.98 Å². The van der Waals surface area contributed by atoms with Crippen LogP contribution in [0.3, 0.4) is 0 Å². The van der Waals surface area contributed by atoms with Crippen LogP contribution < -0.4 is 0 Å². The standard InChI is InChI=1S/C17H23N3OS2/c1-9-22-13-15(1)11-19-5-2-17(3-6-19)14-20(7-8-21-17)12-16-18-4-10-23-16/h1,4,9-10,13H,2-3,5-8,11-12,14H2. The SMILES string of the molecule is c1csc(CN2CCOC3(CCN(Cc4ccsc4)CC3)C2)n1. The molecule has 4 heterocycles. The van der Waals surface area contributed by atoms with Gasteiger partial charge >= 0.3 is 0 Å². The Kier molecular flexibility index (Phi) is 4.78.